The Morgan fingerprint density at radius 1 is 1.42 bits per heavy atom. The number of hydrogen-bond donors (Lipinski definition) is 0. The Morgan fingerprint density at radius 2 is 2.00 bits per heavy atom. The molecule has 1 radical (unpaired) electrons. The molecule has 0 aliphatic rings. The maximum Gasteiger partial charge on any atom is 0.416 e. The van der Waals surface area contributed by atoms with Crippen molar-refractivity contribution in [3.63, 3.8) is 0 Å². The second-order valence-electron chi connectivity index (χ2n) is 2.42. The lowest BCUT2D eigenvalue weighted by molar-refractivity contribution is -0.137. The van der Waals surface area contributed by atoms with Crippen molar-refractivity contribution in [2.24, 2.45) is 0 Å². The van der Waals surface area contributed by atoms with E-state index in [0.717, 1.165) is 12.3 Å². The van der Waals surface area contributed by atoms with Gasteiger partial charge >= 0.3 is 6.18 Å². The molecule has 0 aliphatic carbocycles. The molecule has 0 N–H and O–H groups in total. The fourth-order valence-electron chi connectivity index (χ4n) is 0.863. The number of nitrogens with zero attached hydrogens (tertiary/aromatic N) is 1. The summed E-state index contributed by atoms with van der Waals surface area (Å²) in [6, 6.07) is 0.926. The van der Waals surface area contributed by atoms with Crippen molar-refractivity contribution in [2.45, 2.75) is 13.1 Å². The monoisotopic (exact) mass is 174 g/mol. The summed E-state index contributed by atoms with van der Waals surface area (Å²) in [5.41, 5.74) is -0.454. The highest BCUT2D eigenvalue weighted by Gasteiger charge is 2.32. The highest BCUT2D eigenvalue weighted by molar-refractivity contribution is 5.33. The van der Waals surface area contributed by atoms with Crippen LogP contribution >= 0.6 is 0 Å². The Kier molecular flexibility index (Phi) is 2.08. The average molecular weight is 174 g/mol. The zero-order chi connectivity index (χ0) is 9.35. The van der Waals surface area contributed by atoms with Crippen molar-refractivity contribution < 1.29 is 13.2 Å². The fraction of sp³-hybridized carbons (Fsp3) is 0.250. The van der Waals surface area contributed by atoms with Crippen LogP contribution in [0.1, 0.15) is 16.8 Å². The highest BCUT2D eigenvalue weighted by Crippen LogP contribution is 2.31. The number of aryl methyl sites for hydroxylation is 1. The zero-order valence-electron chi connectivity index (χ0n) is 6.44. The summed E-state index contributed by atoms with van der Waals surface area (Å²) >= 11 is 0. The Hall–Kier alpha value is -1.06. The Labute approximate surface area is 68.2 Å². The summed E-state index contributed by atoms with van der Waals surface area (Å²) in [4.78, 5) is 3.69. The van der Waals surface area contributed by atoms with Crippen molar-refractivity contribution >= 4 is 0 Å². The molecule has 0 fully saturated rings. The first-order valence-electron chi connectivity index (χ1n) is 3.27. The minimum atomic E-state index is -4.33. The van der Waals surface area contributed by atoms with Gasteiger partial charge in [0.05, 0.1) is 5.56 Å². The molecule has 0 saturated carbocycles. The third-order valence-electron chi connectivity index (χ3n) is 1.58. The summed E-state index contributed by atoms with van der Waals surface area (Å²) < 4.78 is 36.5. The topological polar surface area (TPSA) is 12.9 Å². The first-order valence-corrected chi connectivity index (χ1v) is 3.27. The van der Waals surface area contributed by atoms with E-state index in [1.807, 2.05) is 0 Å². The standard InChI is InChI=1S/C8H7F3N/c1-5-6(2)12-4-3-7(5)8(9,10)11/h3-4H,1H2,2H3. The Balaban J connectivity index is 3.26. The molecular weight excluding hydrogens is 167 g/mol. The lowest BCUT2D eigenvalue weighted by Gasteiger charge is -2.10. The van der Waals surface area contributed by atoms with Crippen LogP contribution in [0.3, 0.4) is 0 Å². The third kappa shape index (κ3) is 1.57. The predicted octanol–water partition coefficient (Wildman–Crippen LogP) is 2.59. The van der Waals surface area contributed by atoms with E-state index < -0.39 is 11.7 Å². The van der Waals surface area contributed by atoms with Gasteiger partial charge in [0.15, 0.2) is 0 Å². The molecule has 1 heterocycles. The minimum absolute atomic E-state index is 0.0509. The number of rotatable bonds is 0. The van der Waals surface area contributed by atoms with Gasteiger partial charge in [-0.25, -0.2) is 0 Å². The molecular formula is C8H7F3N. The number of alkyl halides is 3. The van der Waals surface area contributed by atoms with E-state index in [4.69, 9.17) is 0 Å². The Bertz CT molecular complexity index is 291. The maximum atomic E-state index is 12.2. The van der Waals surface area contributed by atoms with Crippen LogP contribution in [0.4, 0.5) is 13.2 Å². The molecule has 1 aromatic heterocycles. The normalized spacial score (nSPS) is 11.8. The molecule has 1 aromatic rings. The second-order valence-corrected chi connectivity index (χ2v) is 2.42. The van der Waals surface area contributed by atoms with Crippen LogP contribution in [0, 0.1) is 13.8 Å². The maximum absolute atomic E-state index is 12.2. The first kappa shape index (κ1) is 9.03. The molecule has 65 valence electrons. The summed E-state index contributed by atoms with van der Waals surface area (Å²) in [5.74, 6) is 0. The molecule has 0 amide bonds. The molecule has 0 unspecified atom stereocenters. The molecule has 12 heavy (non-hydrogen) atoms. The molecule has 0 aromatic carbocycles. The third-order valence-corrected chi connectivity index (χ3v) is 1.58. The van der Waals surface area contributed by atoms with Gasteiger partial charge in [-0.15, -0.1) is 0 Å². The van der Waals surface area contributed by atoms with Gasteiger partial charge in [-0.3, -0.25) is 4.98 Å². The molecule has 0 bridgehead atoms. The van der Waals surface area contributed by atoms with E-state index in [-0.39, 0.29) is 5.56 Å². The molecule has 1 nitrogen and oxygen atoms in total. The Morgan fingerprint density at radius 3 is 2.42 bits per heavy atom. The number of pyridine rings is 1. The summed E-state index contributed by atoms with van der Waals surface area (Å²) in [5, 5.41) is 0. The first-order chi connectivity index (χ1) is 5.43. The number of halogens is 3. The van der Waals surface area contributed by atoms with Crippen molar-refractivity contribution in [1.82, 2.24) is 4.98 Å². The van der Waals surface area contributed by atoms with E-state index >= 15 is 0 Å². The van der Waals surface area contributed by atoms with Crippen molar-refractivity contribution in [3.8, 4) is 0 Å². The van der Waals surface area contributed by atoms with Crippen LogP contribution in [0.15, 0.2) is 12.3 Å². The largest absolute Gasteiger partial charge is 0.416 e. The molecule has 0 saturated heterocycles. The molecule has 0 spiro atoms. The fourth-order valence-corrected chi connectivity index (χ4v) is 0.863. The van der Waals surface area contributed by atoms with Crippen molar-refractivity contribution in [2.75, 3.05) is 0 Å². The van der Waals surface area contributed by atoms with Crippen LogP contribution in [0.25, 0.3) is 0 Å². The predicted molar refractivity (Wildman–Crippen MR) is 38.4 cm³/mol. The van der Waals surface area contributed by atoms with Gasteiger partial charge < -0.3 is 0 Å². The van der Waals surface area contributed by atoms with Crippen LogP contribution < -0.4 is 0 Å². The summed E-state index contributed by atoms with van der Waals surface area (Å²) in [7, 11) is 0. The molecule has 0 aliphatic heterocycles. The van der Waals surface area contributed by atoms with Gasteiger partial charge in [-0.2, -0.15) is 13.2 Å². The van der Waals surface area contributed by atoms with Gasteiger partial charge in [0.2, 0.25) is 0 Å². The number of aromatic nitrogens is 1. The minimum Gasteiger partial charge on any atom is -0.261 e. The summed E-state index contributed by atoms with van der Waals surface area (Å²) in [6.07, 6.45) is -3.20. The van der Waals surface area contributed by atoms with E-state index in [0.29, 0.717) is 5.69 Å². The van der Waals surface area contributed by atoms with Crippen LogP contribution in [-0.4, -0.2) is 4.98 Å². The van der Waals surface area contributed by atoms with Gasteiger partial charge in [-0.05, 0) is 25.5 Å². The van der Waals surface area contributed by atoms with E-state index in [9.17, 15) is 13.2 Å². The highest BCUT2D eigenvalue weighted by atomic mass is 19.4. The lowest BCUT2D eigenvalue weighted by Crippen LogP contribution is -2.08. The van der Waals surface area contributed by atoms with Crippen LogP contribution in [-0.2, 0) is 6.18 Å². The molecule has 0 atom stereocenters. The van der Waals surface area contributed by atoms with Gasteiger partial charge in [0.1, 0.15) is 0 Å². The van der Waals surface area contributed by atoms with E-state index in [2.05, 4.69) is 11.9 Å². The SMILES string of the molecule is [CH2]c1c(C(F)(F)F)ccnc1C. The van der Waals surface area contributed by atoms with Gasteiger partial charge in [0, 0.05) is 11.9 Å². The smallest absolute Gasteiger partial charge is 0.261 e. The second kappa shape index (κ2) is 2.77. The van der Waals surface area contributed by atoms with Gasteiger partial charge in [0.25, 0.3) is 0 Å². The molecule has 4 heteroatoms. The quantitative estimate of drug-likeness (QED) is 0.589. The number of hydrogen-bond acceptors (Lipinski definition) is 1. The van der Waals surface area contributed by atoms with E-state index in [1.54, 1.807) is 0 Å². The van der Waals surface area contributed by atoms with E-state index in [1.165, 1.54) is 6.92 Å². The molecule has 1 rings (SSSR count). The average Bonchev–Trinajstić information content (AvgIpc) is 1.92. The zero-order valence-corrected chi connectivity index (χ0v) is 6.44. The van der Waals surface area contributed by atoms with Crippen LogP contribution in [0.5, 0.6) is 0 Å². The lowest BCUT2D eigenvalue weighted by atomic mass is 10.1. The van der Waals surface area contributed by atoms with Gasteiger partial charge in [-0.1, -0.05) is 0 Å². The summed E-state index contributed by atoms with van der Waals surface area (Å²) in [6.45, 7) is 4.80. The van der Waals surface area contributed by atoms with Crippen molar-refractivity contribution in [3.05, 3.63) is 36.0 Å². The van der Waals surface area contributed by atoms with Crippen molar-refractivity contribution in [1.29, 1.82) is 0 Å². The van der Waals surface area contributed by atoms with Crippen LogP contribution in [0.2, 0.25) is 0 Å².